The summed E-state index contributed by atoms with van der Waals surface area (Å²) in [6.07, 6.45) is -3.30. The number of hydrogen-bond donors (Lipinski definition) is 1. The summed E-state index contributed by atoms with van der Waals surface area (Å²) in [5.74, 6) is -1.10. The van der Waals surface area contributed by atoms with Gasteiger partial charge in [-0.2, -0.15) is 13.2 Å². The predicted octanol–water partition coefficient (Wildman–Crippen LogP) is 3.79. The van der Waals surface area contributed by atoms with Gasteiger partial charge in [0.1, 0.15) is 10.6 Å². The summed E-state index contributed by atoms with van der Waals surface area (Å²) in [5, 5.41) is 11.1. The number of nitrogens with zero attached hydrogens (tertiary/aromatic N) is 3. The first kappa shape index (κ1) is 17.8. The fourth-order valence-corrected chi connectivity index (χ4v) is 2.71. The number of nitrogens with one attached hydrogen (secondary N) is 1. The van der Waals surface area contributed by atoms with Gasteiger partial charge in [-0.3, -0.25) is 10.1 Å². The number of hydrogen-bond acceptors (Lipinski definition) is 6. The maximum Gasteiger partial charge on any atom is 0.422 e. The molecular formula is C16H11F3N4O2S. The van der Waals surface area contributed by atoms with Gasteiger partial charge in [-0.15, -0.1) is 10.2 Å². The molecule has 1 N–H and O–H groups in total. The van der Waals surface area contributed by atoms with Gasteiger partial charge in [0.25, 0.3) is 5.91 Å². The molecule has 0 unspecified atom stereocenters. The average molecular weight is 380 g/mol. The first-order chi connectivity index (χ1) is 12.4. The van der Waals surface area contributed by atoms with Crippen LogP contribution in [-0.2, 0) is 0 Å². The molecule has 1 aromatic carbocycles. The zero-order chi connectivity index (χ0) is 18.6. The monoisotopic (exact) mass is 380 g/mol. The van der Waals surface area contributed by atoms with Crippen molar-refractivity contribution in [1.29, 1.82) is 0 Å². The number of rotatable bonds is 5. The number of pyridine rings is 1. The molecule has 0 aliphatic rings. The fourth-order valence-electron chi connectivity index (χ4n) is 1.96. The first-order valence-electron chi connectivity index (χ1n) is 7.27. The number of benzene rings is 1. The van der Waals surface area contributed by atoms with Crippen molar-refractivity contribution in [3.63, 3.8) is 0 Å². The predicted molar refractivity (Wildman–Crippen MR) is 89.1 cm³/mol. The molecule has 0 fully saturated rings. The van der Waals surface area contributed by atoms with Gasteiger partial charge in [0.15, 0.2) is 6.61 Å². The Morgan fingerprint density at radius 2 is 1.88 bits per heavy atom. The lowest BCUT2D eigenvalue weighted by atomic mass is 10.2. The van der Waals surface area contributed by atoms with Gasteiger partial charge < -0.3 is 4.74 Å². The van der Waals surface area contributed by atoms with Gasteiger partial charge in [0, 0.05) is 11.8 Å². The maximum absolute atomic E-state index is 12.3. The molecule has 134 valence electrons. The van der Waals surface area contributed by atoms with Crippen LogP contribution in [0.15, 0.2) is 48.7 Å². The summed E-state index contributed by atoms with van der Waals surface area (Å²) >= 11 is 1.14. The van der Waals surface area contributed by atoms with Crippen molar-refractivity contribution in [1.82, 2.24) is 15.2 Å². The van der Waals surface area contributed by atoms with Crippen molar-refractivity contribution in [2.75, 3.05) is 11.9 Å². The van der Waals surface area contributed by atoms with E-state index in [1.54, 1.807) is 0 Å². The smallest absolute Gasteiger partial charge is 0.422 e. The van der Waals surface area contributed by atoms with Crippen LogP contribution in [0.2, 0.25) is 0 Å². The lowest BCUT2D eigenvalue weighted by Gasteiger charge is -2.11. The Bertz CT molecular complexity index is 900. The van der Waals surface area contributed by atoms with Gasteiger partial charge >= 0.3 is 6.18 Å². The van der Waals surface area contributed by atoms with E-state index in [-0.39, 0.29) is 10.7 Å². The molecule has 2 aromatic heterocycles. The highest BCUT2D eigenvalue weighted by atomic mass is 32.1. The molecule has 0 aliphatic heterocycles. The molecule has 0 saturated carbocycles. The minimum atomic E-state index is -4.53. The molecule has 1 amide bonds. The van der Waals surface area contributed by atoms with Crippen LogP contribution < -0.4 is 10.1 Å². The molecule has 0 spiro atoms. The van der Waals surface area contributed by atoms with E-state index in [1.807, 2.05) is 30.3 Å². The molecule has 0 aliphatic carbocycles. The molecule has 6 nitrogen and oxygen atoms in total. The summed E-state index contributed by atoms with van der Waals surface area (Å²) < 4.78 is 41.6. The third-order valence-corrected chi connectivity index (χ3v) is 3.94. The number of alkyl halides is 3. The topological polar surface area (TPSA) is 77.0 Å². The molecule has 10 heteroatoms. The third kappa shape index (κ3) is 4.54. The molecule has 0 bridgehead atoms. The molecule has 0 atom stereocenters. The van der Waals surface area contributed by atoms with Crippen LogP contribution in [0, 0.1) is 0 Å². The Labute approximate surface area is 149 Å². The van der Waals surface area contributed by atoms with E-state index in [9.17, 15) is 18.0 Å². The highest BCUT2D eigenvalue weighted by Crippen LogP contribution is 2.27. The largest absolute Gasteiger partial charge is 0.467 e. The van der Waals surface area contributed by atoms with Crippen LogP contribution in [0.1, 0.15) is 10.4 Å². The highest BCUT2D eigenvalue weighted by Gasteiger charge is 2.29. The van der Waals surface area contributed by atoms with Crippen LogP contribution in [0.25, 0.3) is 10.6 Å². The van der Waals surface area contributed by atoms with Crippen LogP contribution in [0.5, 0.6) is 5.88 Å². The Kier molecular flexibility index (Phi) is 5.12. The van der Waals surface area contributed by atoms with E-state index in [2.05, 4.69) is 25.2 Å². The second-order valence-corrected chi connectivity index (χ2v) is 5.97. The minimum absolute atomic E-state index is 0.131. The number of anilines is 1. The van der Waals surface area contributed by atoms with Crippen molar-refractivity contribution in [3.05, 3.63) is 54.2 Å². The Hall–Kier alpha value is -3.01. The number of aromatic nitrogens is 3. The van der Waals surface area contributed by atoms with Crippen molar-refractivity contribution < 1.29 is 22.7 Å². The molecule has 26 heavy (non-hydrogen) atoms. The summed E-state index contributed by atoms with van der Waals surface area (Å²) in [5.41, 5.74) is 0.703. The van der Waals surface area contributed by atoms with E-state index in [1.165, 1.54) is 18.3 Å². The second-order valence-electron chi connectivity index (χ2n) is 4.99. The molecular weight excluding hydrogens is 369 g/mol. The molecule has 3 rings (SSSR count). The van der Waals surface area contributed by atoms with E-state index in [4.69, 9.17) is 0 Å². The van der Waals surface area contributed by atoms with Gasteiger partial charge in [0.05, 0.1) is 0 Å². The van der Waals surface area contributed by atoms with Crippen LogP contribution >= 0.6 is 11.3 Å². The van der Waals surface area contributed by atoms with E-state index in [0.29, 0.717) is 5.01 Å². The van der Waals surface area contributed by atoms with Crippen molar-refractivity contribution in [2.45, 2.75) is 6.18 Å². The van der Waals surface area contributed by atoms with Crippen molar-refractivity contribution >= 4 is 22.4 Å². The lowest BCUT2D eigenvalue weighted by molar-refractivity contribution is -0.154. The number of carbonyl (C=O) groups is 1. The SMILES string of the molecule is O=C(Nc1nnc(-c2ccccc2)s1)c1cccnc1OCC(F)(F)F. The van der Waals surface area contributed by atoms with Gasteiger partial charge in [0.2, 0.25) is 11.0 Å². The van der Waals surface area contributed by atoms with Gasteiger partial charge in [-0.25, -0.2) is 4.98 Å². The van der Waals surface area contributed by atoms with Crippen LogP contribution in [0.3, 0.4) is 0 Å². The summed E-state index contributed by atoms with van der Waals surface area (Å²) in [6, 6.07) is 12.0. The van der Waals surface area contributed by atoms with E-state index < -0.39 is 24.6 Å². The summed E-state index contributed by atoms with van der Waals surface area (Å²) in [4.78, 5) is 16.0. The first-order valence-corrected chi connectivity index (χ1v) is 8.09. The number of ether oxygens (including phenoxy) is 1. The highest BCUT2D eigenvalue weighted by molar-refractivity contribution is 7.18. The molecule has 2 heterocycles. The molecule has 0 radical (unpaired) electrons. The number of amides is 1. The van der Waals surface area contributed by atoms with Crippen LogP contribution in [0.4, 0.5) is 18.3 Å². The van der Waals surface area contributed by atoms with Crippen molar-refractivity contribution in [3.8, 4) is 16.5 Å². The normalized spacial score (nSPS) is 11.2. The maximum atomic E-state index is 12.3. The number of halogens is 3. The Morgan fingerprint density at radius 1 is 1.12 bits per heavy atom. The third-order valence-electron chi connectivity index (χ3n) is 3.05. The standard InChI is InChI=1S/C16H11F3N4O2S/c17-16(18,19)9-25-13-11(7-4-8-20-13)12(24)21-15-23-22-14(26-15)10-5-2-1-3-6-10/h1-8H,9H2,(H,21,23,24). The summed E-state index contributed by atoms with van der Waals surface area (Å²) in [7, 11) is 0. The minimum Gasteiger partial charge on any atom is -0.467 e. The lowest BCUT2D eigenvalue weighted by Crippen LogP contribution is -2.21. The quantitative estimate of drug-likeness (QED) is 0.729. The van der Waals surface area contributed by atoms with E-state index in [0.717, 1.165) is 16.9 Å². The Morgan fingerprint density at radius 3 is 2.62 bits per heavy atom. The fraction of sp³-hybridized carbons (Fsp3) is 0.125. The zero-order valence-corrected chi connectivity index (χ0v) is 13.8. The van der Waals surface area contributed by atoms with E-state index >= 15 is 0 Å². The average Bonchev–Trinajstić information content (AvgIpc) is 3.09. The van der Waals surface area contributed by atoms with Crippen LogP contribution in [-0.4, -0.2) is 33.9 Å². The zero-order valence-electron chi connectivity index (χ0n) is 13.0. The van der Waals surface area contributed by atoms with Gasteiger partial charge in [-0.1, -0.05) is 41.7 Å². The number of carbonyl (C=O) groups excluding carboxylic acids is 1. The molecule has 3 aromatic rings. The van der Waals surface area contributed by atoms with Crippen molar-refractivity contribution in [2.24, 2.45) is 0 Å². The Balaban J connectivity index is 1.74. The second kappa shape index (κ2) is 7.48. The van der Waals surface area contributed by atoms with Gasteiger partial charge in [-0.05, 0) is 12.1 Å². The summed E-state index contributed by atoms with van der Waals surface area (Å²) in [6.45, 7) is -1.54. The molecule has 0 saturated heterocycles.